The van der Waals surface area contributed by atoms with Crippen molar-refractivity contribution < 1.29 is 44.9 Å². The first-order valence-corrected chi connectivity index (χ1v) is 13.4. The van der Waals surface area contributed by atoms with Crippen LogP contribution >= 0.6 is 0 Å². The number of ether oxygens (including phenoxy) is 3. The molecule has 3 nitrogen and oxygen atoms in total. The third-order valence-corrected chi connectivity index (χ3v) is 6.82. The maximum Gasteiger partial charge on any atom is 0.432 e. The highest BCUT2D eigenvalue weighted by atomic mass is 19.3. The largest absolute Gasteiger partial charge is 0.432 e. The van der Waals surface area contributed by atoms with Gasteiger partial charge in [0, 0.05) is 28.7 Å². The number of alkyl halides is 2. The lowest BCUT2D eigenvalue weighted by atomic mass is 9.99. The van der Waals surface area contributed by atoms with Gasteiger partial charge in [0.1, 0.15) is 40.4 Å². The molecule has 0 N–H and O–H groups in total. The van der Waals surface area contributed by atoms with Crippen molar-refractivity contribution in [3.05, 3.63) is 125 Å². The van der Waals surface area contributed by atoms with Gasteiger partial charge in [-0.3, -0.25) is 0 Å². The summed E-state index contributed by atoms with van der Waals surface area (Å²) in [6, 6.07) is 12.9. The number of halogens is 7. The monoisotopic (exact) mass is 602 g/mol. The van der Waals surface area contributed by atoms with Crippen LogP contribution in [-0.2, 0) is 15.6 Å². The highest BCUT2D eigenvalue weighted by molar-refractivity contribution is 5.71. The van der Waals surface area contributed by atoms with Crippen LogP contribution in [0.1, 0.15) is 30.8 Å². The molecule has 43 heavy (non-hydrogen) atoms. The van der Waals surface area contributed by atoms with Crippen LogP contribution in [0.4, 0.5) is 30.7 Å². The smallest absolute Gasteiger partial charge is 0.429 e. The molecule has 0 spiro atoms. The van der Waals surface area contributed by atoms with E-state index in [-0.39, 0.29) is 41.4 Å². The maximum absolute atomic E-state index is 15.0. The van der Waals surface area contributed by atoms with Gasteiger partial charge in [0.2, 0.25) is 0 Å². The summed E-state index contributed by atoms with van der Waals surface area (Å²) in [7, 11) is 0. The molecule has 4 aromatic carbocycles. The first-order chi connectivity index (χ1) is 20.6. The minimum Gasteiger partial charge on any atom is -0.429 e. The van der Waals surface area contributed by atoms with Crippen LogP contribution in [0.5, 0.6) is 5.75 Å². The van der Waals surface area contributed by atoms with Crippen LogP contribution in [-0.4, -0.2) is 13.2 Å². The molecule has 0 saturated carbocycles. The summed E-state index contributed by atoms with van der Waals surface area (Å²) < 4.78 is 118. The Balaban J connectivity index is 1.32. The highest BCUT2D eigenvalue weighted by Crippen LogP contribution is 2.39. The molecule has 0 radical (unpaired) electrons. The van der Waals surface area contributed by atoms with Crippen molar-refractivity contribution in [3.63, 3.8) is 0 Å². The van der Waals surface area contributed by atoms with Crippen LogP contribution < -0.4 is 4.74 Å². The van der Waals surface area contributed by atoms with Gasteiger partial charge in [-0.1, -0.05) is 43.3 Å². The third-order valence-electron chi connectivity index (χ3n) is 6.82. The van der Waals surface area contributed by atoms with Crippen molar-refractivity contribution in [2.75, 3.05) is 13.2 Å². The molecule has 4 aromatic rings. The molecule has 10 heteroatoms. The summed E-state index contributed by atoms with van der Waals surface area (Å²) in [5.74, 6) is -6.23. The van der Waals surface area contributed by atoms with Crippen molar-refractivity contribution in [3.8, 4) is 28.0 Å². The minimum absolute atomic E-state index is 0.0468. The molecule has 0 aliphatic carbocycles. The predicted octanol–water partition coefficient (Wildman–Crippen LogP) is 9.47. The molecule has 1 fully saturated rings. The van der Waals surface area contributed by atoms with E-state index in [1.54, 1.807) is 0 Å². The molecular weight excluding hydrogens is 577 g/mol. The maximum atomic E-state index is 15.0. The molecule has 0 bridgehead atoms. The van der Waals surface area contributed by atoms with Crippen LogP contribution in [0.25, 0.3) is 22.3 Å². The van der Waals surface area contributed by atoms with E-state index in [9.17, 15) is 30.7 Å². The number of hydrogen-bond acceptors (Lipinski definition) is 3. The molecule has 0 unspecified atom stereocenters. The second kappa shape index (κ2) is 12.6. The van der Waals surface area contributed by atoms with Gasteiger partial charge in [-0.2, -0.15) is 8.78 Å². The SMILES string of the molecule is CC/C=C/C1COC(c2cc(F)c(C(F)(F)Oc3ccc(-c4ccc(-c5ccc(F)cc5)c(F)c4)c(F)c3)c(F)c2)OC1. The highest BCUT2D eigenvalue weighted by Gasteiger charge is 2.42. The van der Waals surface area contributed by atoms with Crippen LogP contribution in [0.15, 0.2) is 84.9 Å². The van der Waals surface area contributed by atoms with Gasteiger partial charge in [0.25, 0.3) is 0 Å². The summed E-state index contributed by atoms with van der Waals surface area (Å²) in [5, 5.41) is 0. The molecule has 1 aliphatic rings. The normalized spacial score (nSPS) is 17.4. The van der Waals surface area contributed by atoms with E-state index in [2.05, 4.69) is 4.74 Å². The third kappa shape index (κ3) is 6.76. The average molecular weight is 603 g/mol. The van der Waals surface area contributed by atoms with Crippen LogP contribution in [0, 0.1) is 35.0 Å². The fourth-order valence-electron chi connectivity index (χ4n) is 4.70. The van der Waals surface area contributed by atoms with Gasteiger partial charge in [-0.05, 0) is 60.0 Å². The lowest BCUT2D eigenvalue weighted by molar-refractivity contribution is -0.198. The molecule has 0 amide bonds. The Morgan fingerprint density at radius 1 is 0.744 bits per heavy atom. The van der Waals surface area contributed by atoms with Crippen molar-refractivity contribution in [1.82, 2.24) is 0 Å². The number of hydrogen-bond donors (Lipinski definition) is 0. The Morgan fingerprint density at radius 3 is 1.93 bits per heavy atom. The zero-order valence-corrected chi connectivity index (χ0v) is 22.7. The standard InChI is InChI=1S/C33H25F7O3/c1-2-3-4-19-17-41-32(42-18-19)22-14-29(37)31(30(38)15-22)33(39,40)43-24-10-12-26(28(36)16-24)21-7-11-25(27(35)13-21)20-5-8-23(34)9-6-20/h3-16,19,32H,2,17-18H2,1H3/b4-3+. The van der Waals surface area contributed by atoms with E-state index >= 15 is 0 Å². The van der Waals surface area contributed by atoms with Crippen LogP contribution in [0.3, 0.4) is 0 Å². The number of benzene rings is 4. The van der Waals surface area contributed by atoms with E-state index in [0.717, 1.165) is 24.6 Å². The van der Waals surface area contributed by atoms with Crippen molar-refractivity contribution >= 4 is 0 Å². The summed E-state index contributed by atoms with van der Waals surface area (Å²) in [5.41, 5.74) is -1.29. The number of allylic oxidation sites excluding steroid dienone is 1. The molecule has 1 heterocycles. The summed E-state index contributed by atoms with van der Waals surface area (Å²) in [6.45, 7) is 2.40. The summed E-state index contributed by atoms with van der Waals surface area (Å²) in [6.07, 6.45) is -1.01. The first-order valence-electron chi connectivity index (χ1n) is 13.4. The molecular formula is C33H25F7O3. The minimum atomic E-state index is -4.52. The van der Waals surface area contributed by atoms with Crippen molar-refractivity contribution in [1.29, 1.82) is 0 Å². The van der Waals surface area contributed by atoms with Crippen molar-refractivity contribution in [2.24, 2.45) is 5.92 Å². The quantitative estimate of drug-likeness (QED) is 0.149. The van der Waals surface area contributed by atoms with Crippen LogP contribution in [0.2, 0.25) is 0 Å². The Kier molecular flexibility index (Phi) is 8.89. The second-order valence-electron chi connectivity index (χ2n) is 9.92. The molecule has 1 saturated heterocycles. The second-order valence-corrected chi connectivity index (χ2v) is 9.92. The predicted molar refractivity (Wildman–Crippen MR) is 146 cm³/mol. The average Bonchev–Trinajstić information content (AvgIpc) is 2.96. The fraction of sp³-hybridized carbons (Fsp3) is 0.212. The van der Waals surface area contributed by atoms with E-state index < -0.39 is 52.8 Å². The van der Waals surface area contributed by atoms with Crippen molar-refractivity contribution in [2.45, 2.75) is 25.7 Å². The van der Waals surface area contributed by atoms with E-state index in [1.807, 2.05) is 19.1 Å². The first kappa shape index (κ1) is 30.3. The Morgan fingerprint density at radius 2 is 1.33 bits per heavy atom. The van der Waals surface area contributed by atoms with E-state index in [4.69, 9.17) is 9.47 Å². The Labute approximate surface area is 243 Å². The lowest BCUT2D eigenvalue weighted by Gasteiger charge is -2.28. The van der Waals surface area contributed by atoms with E-state index in [0.29, 0.717) is 23.8 Å². The Bertz CT molecular complexity index is 1610. The zero-order valence-electron chi connectivity index (χ0n) is 22.7. The zero-order chi connectivity index (χ0) is 30.7. The summed E-state index contributed by atoms with van der Waals surface area (Å²) >= 11 is 0. The summed E-state index contributed by atoms with van der Waals surface area (Å²) in [4.78, 5) is 0. The molecule has 0 aromatic heterocycles. The van der Waals surface area contributed by atoms with E-state index in [1.165, 1.54) is 36.4 Å². The molecule has 5 rings (SSSR count). The lowest BCUT2D eigenvalue weighted by Crippen LogP contribution is -2.28. The van der Waals surface area contributed by atoms with Gasteiger partial charge in [-0.15, -0.1) is 0 Å². The molecule has 1 aliphatic heterocycles. The molecule has 0 atom stereocenters. The van der Waals surface area contributed by atoms with Gasteiger partial charge in [0.05, 0.1) is 13.2 Å². The van der Waals surface area contributed by atoms with Gasteiger partial charge < -0.3 is 14.2 Å². The topological polar surface area (TPSA) is 27.7 Å². The number of rotatable bonds is 8. The van der Waals surface area contributed by atoms with Gasteiger partial charge in [0.15, 0.2) is 6.29 Å². The van der Waals surface area contributed by atoms with Gasteiger partial charge in [-0.25, -0.2) is 22.0 Å². The van der Waals surface area contributed by atoms with Gasteiger partial charge >= 0.3 is 6.11 Å². The fourth-order valence-corrected chi connectivity index (χ4v) is 4.70. The Hall–Kier alpha value is -4.15. The molecule has 224 valence electrons.